The van der Waals surface area contributed by atoms with E-state index in [1.807, 2.05) is 29.2 Å². The first-order valence-corrected chi connectivity index (χ1v) is 7.42. The summed E-state index contributed by atoms with van der Waals surface area (Å²) in [6.45, 7) is 0.560. The summed E-state index contributed by atoms with van der Waals surface area (Å²) < 4.78 is 0. The van der Waals surface area contributed by atoms with Crippen LogP contribution in [0.15, 0.2) is 42.5 Å². The molecule has 1 saturated carbocycles. The van der Waals surface area contributed by atoms with Gasteiger partial charge < -0.3 is 4.90 Å². The quantitative estimate of drug-likeness (QED) is 0.842. The van der Waals surface area contributed by atoms with Crippen LogP contribution in [0.25, 0.3) is 10.8 Å². The average Bonchev–Trinajstić information content (AvgIpc) is 3.33. The molecule has 0 atom stereocenters. The van der Waals surface area contributed by atoms with Gasteiger partial charge in [0, 0.05) is 12.6 Å². The topological polar surface area (TPSA) is 44.1 Å². The van der Waals surface area contributed by atoms with Crippen LogP contribution in [0.1, 0.15) is 24.8 Å². The zero-order valence-corrected chi connectivity index (χ0v) is 12.0. The molecule has 106 valence electrons. The Morgan fingerprint density at radius 2 is 1.95 bits per heavy atom. The van der Waals surface area contributed by atoms with Crippen molar-refractivity contribution < 1.29 is 4.79 Å². The van der Waals surface area contributed by atoms with E-state index >= 15 is 0 Å². The molecule has 0 aromatic heterocycles. The van der Waals surface area contributed by atoms with E-state index in [1.54, 1.807) is 0 Å². The highest BCUT2D eigenvalue weighted by Gasteiger charge is 2.32. The molecule has 0 heterocycles. The van der Waals surface area contributed by atoms with Gasteiger partial charge in [0.15, 0.2) is 0 Å². The van der Waals surface area contributed by atoms with Crippen molar-refractivity contribution in [3.8, 4) is 6.07 Å². The highest BCUT2D eigenvalue weighted by atomic mass is 16.2. The average molecular weight is 278 g/mol. The number of hydrogen-bond acceptors (Lipinski definition) is 2. The smallest absolute Gasteiger partial charge is 0.227 e. The third-order valence-electron chi connectivity index (χ3n) is 3.99. The Morgan fingerprint density at radius 3 is 2.71 bits per heavy atom. The maximum Gasteiger partial charge on any atom is 0.227 e. The van der Waals surface area contributed by atoms with Crippen molar-refractivity contribution in [2.24, 2.45) is 0 Å². The molecule has 0 radical (unpaired) electrons. The molecule has 3 rings (SSSR count). The maximum absolute atomic E-state index is 12.6. The fourth-order valence-corrected chi connectivity index (χ4v) is 2.78. The van der Waals surface area contributed by atoms with Gasteiger partial charge in [-0.25, -0.2) is 0 Å². The zero-order chi connectivity index (χ0) is 14.7. The van der Waals surface area contributed by atoms with Crippen molar-refractivity contribution >= 4 is 16.7 Å². The first-order valence-electron chi connectivity index (χ1n) is 7.42. The van der Waals surface area contributed by atoms with Crippen LogP contribution in [0.4, 0.5) is 0 Å². The van der Waals surface area contributed by atoms with Gasteiger partial charge in [-0.3, -0.25) is 4.79 Å². The predicted octanol–water partition coefficient (Wildman–Crippen LogP) is 3.29. The van der Waals surface area contributed by atoms with Gasteiger partial charge in [-0.15, -0.1) is 0 Å². The van der Waals surface area contributed by atoms with Crippen molar-refractivity contribution in [3.05, 3.63) is 48.0 Å². The van der Waals surface area contributed by atoms with E-state index in [9.17, 15) is 4.79 Å². The summed E-state index contributed by atoms with van der Waals surface area (Å²) in [6.07, 6.45) is 2.99. The van der Waals surface area contributed by atoms with Crippen LogP contribution >= 0.6 is 0 Å². The van der Waals surface area contributed by atoms with Crippen LogP contribution in [-0.2, 0) is 11.2 Å². The summed E-state index contributed by atoms with van der Waals surface area (Å²) in [5.74, 6) is 0.143. The Bertz CT molecular complexity index is 692. The Morgan fingerprint density at radius 1 is 1.19 bits per heavy atom. The molecule has 0 unspecified atom stereocenters. The van der Waals surface area contributed by atoms with Crippen molar-refractivity contribution in [1.29, 1.82) is 5.26 Å². The molecule has 21 heavy (non-hydrogen) atoms. The van der Waals surface area contributed by atoms with Crippen molar-refractivity contribution in [2.75, 3.05) is 6.54 Å². The molecule has 1 amide bonds. The van der Waals surface area contributed by atoms with Gasteiger partial charge >= 0.3 is 0 Å². The molecule has 3 nitrogen and oxygen atoms in total. The molecule has 0 spiro atoms. The van der Waals surface area contributed by atoms with Gasteiger partial charge in [0.05, 0.1) is 18.9 Å². The number of carbonyl (C=O) groups is 1. The van der Waals surface area contributed by atoms with Crippen molar-refractivity contribution in [1.82, 2.24) is 4.90 Å². The molecule has 1 fully saturated rings. The minimum atomic E-state index is 0.143. The van der Waals surface area contributed by atoms with Crippen molar-refractivity contribution in [3.63, 3.8) is 0 Å². The van der Waals surface area contributed by atoms with E-state index in [-0.39, 0.29) is 5.91 Å². The van der Waals surface area contributed by atoms with E-state index in [4.69, 9.17) is 5.26 Å². The van der Waals surface area contributed by atoms with E-state index < -0.39 is 0 Å². The molecule has 1 aliphatic carbocycles. The van der Waals surface area contributed by atoms with Crippen LogP contribution in [0.3, 0.4) is 0 Å². The molecule has 2 aromatic rings. The second kappa shape index (κ2) is 5.97. The van der Waals surface area contributed by atoms with Gasteiger partial charge in [-0.1, -0.05) is 42.5 Å². The normalized spacial score (nSPS) is 13.9. The summed E-state index contributed by atoms with van der Waals surface area (Å²) in [5.41, 5.74) is 1.07. The molecule has 0 bridgehead atoms. The van der Waals surface area contributed by atoms with Gasteiger partial charge in [0.1, 0.15) is 0 Å². The van der Waals surface area contributed by atoms with Gasteiger partial charge in [-0.2, -0.15) is 5.26 Å². The highest BCUT2D eigenvalue weighted by Crippen LogP contribution is 2.28. The minimum Gasteiger partial charge on any atom is -0.338 e. The fourth-order valence-electron chi connectivity index (χ4n) is 2.78. The predicted molar refractivity (Wildman–Crippen MR) is 82.6 cm³/mol. The second-order valence-corrected chi connectivity index (χ2v) is 5.54. The van der Waals surface area contributed by atoms with Crippen LogP contribution in [0.5, 0.6) is 0 Å². The van der Waals surface area contributed by atoms with Crippen molar-refractivity contribution in [2.45, 2.75) is 31.7 Å². The Kier molecular flexibility index (Phi) is 3.87. The SMILES string of the molecule is N#CCCN(C(=O)Cc1cccc2ccccc12)C1CC1. The molecule has 3 heteroatoms. The van der Waals surface area contributed by atoms with Gasteiger partial charge in [0.25, 0.3) is 0 Å². The molecule has 0 N–H and O–H groups in total. The monoisotopic (exact) mass is 278 g/mol. The van der Waals surface area contributed by atoms with Crippen LogP contribution in [0, 0.1) is 11.3 Å². The number of nitriles is 1. The van der Waals surface area contributed by atoms with E-state index in [1.165, 1.54) is 0 Å². The Labute approximate surface area is 124 Å². The molecule has 0 aliphatic heterocycles. The lowest BCUT2D eigenvalue weighted by molar-refractivity contribution is -0.130. The van der Waals surface area contributed by atoms with Gasteiger partial charge in [0.2, 0.25) is 5.91 Å². The number of rotatable bonds is 5. The van der Waals surface area contributed by atoms with Crippen LogP contribution < -0.4 is 0 Å². The molecule has 0 saturated heterocycles. The number of carbonyl (C=O) groups excluding carboxylic acids is 1. The lowest BCUT2D eigenvalue weighted by Gasteiger charge is -2.21. The number of hydrogen-bond donors (Lipinski definition) is 0. The lowest BCUT2D eigenvalue weighted by atomic mass is 10.0. The summed E-state index contributed by atoms with van der Waals surface area (Å²) in [4.78, 5) is 14.5. The number of benzene rings is 2. The fraction of sp³-hybridized carbons (Fsp3) is 0.333. The number of nitrogens with zero attached hydrogens (tertiary/aromatic N) is 2. The first-order chi connectivity index (χ1) is 10.3. The summed E-state index contributed by atoms with van der Waals surface area (Å²) in [7, 11) is 0. The van der Waals surface area contributed by atoms with E-state index in [0.29, 0.717) is 25.4 Å². The standard InChI is InChI=1S/C18H18N2O/c19-11-4-12-20(16-9-10-16)18(21)13-15-7-3-6-14-5-1-2-8-17(14)15/h1-3,5-8,16H,4,9-10,12-13H2. The highest BCUT2D eigenvalue weighted by molar-refractivity contribution is 5.90. The maximum atomic E-state index is 12.6. The second-order valence-electron chi connectivity index (χ2n) is 5.54. The van der Waals surface area contributed by atoms with Crippen LogP contribution in [-0.4, -0.2) is 23.4 Å². The lowest BCUT2D eigenvalue weighted by Crippen LogP contribution is -2.35. The summed E-state index contributed by atoms with van der Waals surface area (Å²) in [6, 6.07) is 16.7. The molecule has 2 aromatic carbocycles. The van der Waals surface area contributed by atoms with Gasteiger partial charge in [-0.05, 0) is 29.2 Å². The van der Waals surface area contributed by atoms with E-state index in [0.717, 1.165) is 29.2 Å². The molecule has 1 aliphatic rings. The third kappa shape index (κ3) is 3.05. The Balaban J connectivity index is 1.80. The Hall–Kier alpha value is -2.34. The van der Waals surface area contributed by atoms with Crippen LogP contribution in [0.2, 0.25) is 0 Å². The number of amides is 1. The largest absolute Gasteiger partial charge is 0.338 e. The molecular formula is C18H18N2O. The molecular weight excluding hydrogens is 260 g/mol. The third-order valence-corrected chi connectivity index (χ3v) is 3.99. The summed E-state index contributed by atoms with van der Waals surface area (Å²) in [5, 5.41) is 11.0. The first kappa shape index (κ1) is 13.6. The number of fused-ring (bicyclic) bond motifs is 1. The van der Waals surface area contributed by atoms with E-state index in [2.05, 4.69) is 24.3 Å². The summed E-state index contributed by atoms with van der Waals surface area (Å²) >= 11 is 0. The zero-order valence-electron chi connectivity index (χ0n) is 12.0. The minimum absolute atomic E-state index is 0.143.